The third-order valence-electron chi connectivity index (χ3n) is 5.48. The van der Waals surface area contributed by atoms with Gasteiger partial charge in [-0.15, -0.1) is 0 Å². The molecule has 0 spiro atoms. The first kappa shape index (κ1) is 17.0. The molecule has 5 heteroatoms. The highest BCUT2D eigenvalue weighted by Crippen LogP contribution is 2.39. The third-order valence-corrected chi connectivity index (χ3v) is 5.48. The lowest BCUT2D eigenvalue weighted by Gasteiger charge is -2.19. The number of aromatic nitrogens is 1. The Kier molecular flexibility index (Phi) is 4.64. The second-order valence-corrected chi connectivity index (χ2v) is 7.57. The van der Waals surface area contributed by atoms with Gasteiger partial charge in [-0.3, -0.25) is 9.69 Å². The molecule has 1 aromatic carbocycles. The standard InChI is InChI=1S/C21H24N2O3/c1-14-3-2-4-18(7-14)26-19-8-15-11-23(12-16(15)9-19)13-21(25)20-6-5-17(24)10-22-20/h2-7,10,15-16,19,24H,8-9,11-13H2,1H3/t15-,16+,19+. The Morgan fingerprint density at radius 2 is 2.00 bits per heavy atom. The van der Waals surface area contributed by atoms with Gasteiger partial charge >= 0.3 is 0 Å². The van der Waals surface area contributed by atoms with E-state index in [0.717, 1.165) is 31.7 Å². The highest BCUT2D eigenvalue weighted by atomic mass is 16.5. The Bertz CT molecular complexity index is 776. The van der Waals surface area contributed by atoms with E-state index in [9.17, 15) is 9.90 Å². The van der Waals surface area contributed by atoms with Gasteiger partial charge in [-0.05, 0) is 61.4 Å². The van der Waals surface area contributed by atoms with Gasteiger partial charge in [-0.25, -0.2) is 4.98 Å². The van der Waals surface area contributed by atoms with Gasteiger partial charge in [-0.2, -0.15) is 0 Å². The Balaban J connectivity index is 1.29. The molecule has 1 saturated heterocycles. The number of benzene rings is 1. The van der Waals surface area contributed by atoms with Crippen molar-refractivity contribution in [1.82, 2.24) is 9.88 Å². The summed E-state index contributed by atoms with van der Waals surface area (Å²) in [5.74, 6) is 2.26. The van der Waals surface area contributed by atoms with Crippen LogP contribution in [-0.4, -0.2) is 46.5 Å². The molecule has 1 aromatic heterocycles. The van der Waals surface area contributed by atoms with Crippen molar-refractivity contribution < 1.29 is 14.6 Å². The maximum absolute atomic E-state index is 12.4. The molecule has 0 radical (unpaired) electrons. The van der Waals surface area contributed by atoms with Gasteiger partial charge in [0.1, 0.15) is 17.2 Å². The Morgan fingerprint density at radius 1 is 1.23 bits per heavy atom. The summed E-state index contributed by atoms with van der Waals surface area (Å²) in [7, 11) is 0. The lowest BCUT2D eigenvalue weighted by molar-refractivity contribution is 0.0932. The second-order valence-electron chi connectivity index (χ2n) is 7.57. The first-order chi connectivity index (χ1) is 12.6. The monoisotopic (exact) mass is 352 g/mol. The third kappa shape index (κ3) is 3.73. The number of hydrogen-bond donors (Lipinski definition) is 1. The molecular formula is C21H24N2O3. The molecule has 1 aliphatic carbocycles. The predicted octanol–water partition coefficient (Wildman–Crippen LogP) is 3.07. The minimum absolute atomic E-state index is 0.0116. The molecule has 0 bridgehead atoms. The van der Waals surface area contributed by atoms with E-state index in [1.54, 1.807) is 6.07 Å². The number of pyridine rings is 1. The first-order valence-electron chi connectivity index (χ1n) is 9.21. The predicted molar refractivity (Wildman–Crippen MR) is 98.5 cm³/mol. The molecule has 26 heavy (non-hydrogen) atoms. The molecule has 1 aliphatic heterocycles. The fourth-order valence-corrected chi connectivity index (χ4v) is 4.28. The second kappa shape index (κ2) is 7.08. The number of aryl methyl sites for hydroxylation is 1. The van der Waals surface area contributed by atoms with Crippen LogP contribution in [0.5, 0.6) is 11.5 Å². The van der Waals surface area contributed by atoms with E-state index >= 15 is 0 Å². The van der Waals surface area contributed by atoms with Gasteiger partial charge in [-0.1, -0.05) is 12.1 Å². The zero-order valence-corrected chi connectivity index (χ0v) is 15.0. The number of aromatic hydroxyl groups is 1. The summed E-state index contributed by atoms with van der Waals surface area (Å²) in [5, 5.41) is 9.28. The number of carbonyl (C=O) groups excluding carboxylic acids is 1. The van der Waals surface area contributed by atoms with Crippen molar-refractivity contribution in [3.63, 3.8) is 0 Å². The highest BCUT2D eigenvalue weighted by molar-refractivity contribution is 5.95. The molecule has 2 heterocycles. The molecule has 0 amide bonds. The normalized spacial score (nSPS) is 25.2. The molecule has 4 rings (SSSR count). The quantitative estimate of drug-likeness (QED) is 0.838. The summed E-state index contributed by atoms with van der Waals surface area (Å²) in [5.41, 5.74) is 1.63. The van der Waals surface area contributed by atoms with E-state index in [4.69, 9.17) is 4.74 Å². The van der Waals surface area contributed by atoms with E-state index in [0.29, 0.717) is 24.1 Å². The van der Waals surface area contributed by atoms with Gasteiger partial charge in [0.2, 0.25) is 0 Å². The number of rotatable bonds is 5. The van der Waals surface area contributed by atoms with Crippen molar-refractivity contribution in [1.29, 1.82) is 0 Å². The zero-order valence-electron chi connectivity index (χ0n) is 15.0. The number of likely N-dealkylation sites (tertiary alicyclic amines) is 1. The molecular weight excluding hydrogens is 328 g/mol. The number of hydrogen-bond acceptors (Lipinski definition) is 5. The summed E-state index contributed by atoms with van der Waals surface area (Å²) in [4.78, 5) is 18.6. The van der Waals surface area contributed by atoms with E-state index in [2.05, 4.69) is 28.9 Å². The molecule has 2 aliphatic rings. The smallest absolute Gasteiger partial charge is 0.195 e. The molecule has 1 saturated carbocycles. The largest absolute Gasteiger partial charge is 0.506 e. The molecule has 1 N–H and O–H groups in total. The molecule has 2 fully saturated rings. The van der Waals surface area contributed by atoms with Crippen molar-refractivity contribution in [3.8, 4) is 11.5 Å². The molecule has 3 atom stereocenters. The summed E-state index contributed by atoms with van der Waals surface area (Å²) in [6.07, 6.45) is 3.71. The zero-order chi connectivity index (χ0) is 18.1. The lowest BCUT2D eigenvalue weighted by Crippen LogP contribution is -2.30. The van der Waals surface area contributed by atoms with Gasteiger partial charge in [0.15, 0.2) is 5.78 Å². The minimum Gasteiger partial charge on any atom is -0.506 e. The minimum atomic E-state index is 0.0116. The average molecular weight is 352 g/mol. The van der Waals surface area contributed by atoms with Crippen molar-refractivity contribution >= 4 is 5.78 Å². The van der Waals surface area contributed by atoms with E-state index in [-0.39, 0.29) is 17.6 Å². The molecule has 0 unspecified atom stereocenters. The molecule has 5 nitrogen and oxygen atoms in total. The van der Waals surface area contributed by atoms with Crippen LogP contribution in [0.15, 0.2) is 42.6 Å². The fraction of sp³-hybridized carbons (Fsp3) is 0.429. The van der Waals surface area contributed by atoms with Crippen molar-refractivity contribution in [3.05, 3.63) is 53.9 Å². The summed E-state index contributed by atoms with van der Waals surface area (Å²) in [6.45, 7) is 4.37. The van der Waals surface area contributed by atoms with Gasteiger partial charge in [0.05, 0.1) is 18.8 Å². The van der Waals surface area contributed by atoms with Crippen molar-refractivity contribution in [2.24, 2.45) is 11.8 Å². The number of carbonyl (C=O) groups is 1. The number of nitrogens with zero attached hydrogens (tertiary/aromatic N) is 2. The van der Waals surface area contributed by atoms with Crippen LogP contribution in [0.3, 0.4) is 0 Å². The fourth-order valence-electron chi connectivity index (χ4n) is 4.28. The lowest BCUT2D eigenvalue weighted by atomic mass is 10.0. The van der Waals surface area contributed by atoms with Crippen molar-refractivity contribution in [2.45, 2.75) is 25.9 Å². The van der Waals surface area contributed by atoms with Crippen LogP contribution in [0.25, 0.3) is 0 Å². The molecule has 2 aromatic rings. The van der Waals surface area contributed by atoms with Gasteiger partial charge in [0.25, 0.3) is 0 Å². The Morgan fingerprint density at radius 3 is 2.65 bits per heavy atom. The first-order valence-corrected chi connectivity index (χ1v) is 9.21. The van der Waals surface area contributed by atoms with E-state index < -0.39 is 0 Å². The summed E-state index contributed by atoms with van der Waals surface area (Å²) in [6, 6.07) is 11.3. The Hall–Kier alpha value is -2.40. The number of fused-ring (bicyclic) bond motifs is 1. The van der Waals surface area contributed by atoms with Crippen LogP contribution in [0.2, 0.25) is 0 Å². The van der Waals surface area contributed by atoms with Crippen LogP contribution in [0.4, 0.5) is 0 Å². The molecule has 136 valence electrons. The van der Waals surface area contributed by atoms with Gasteiger partial charge < -0.3 is 9.84 Å². The SMILES string of the molecule is Cc1cccc(O[C@H]2C[C@@H]3CN(CC(=O)c4ccc(O)cn4)C[C@@H]3C2)c1. The average Bonchev–Trinajstić information content (AvgIpc) is 3.13. The number of ether oxygens (including phenoxy) is 1. The number of ketones is 1. The van der Waals surface area contributed by atoms with Crippen LogP contribution in [0.1, 0.15) is 28.9 Å². The van der Waals surface area contributed by atoms with E-state index in [1.165, 1.54) is 17.8 Å². The summed E-state index contributed by atoms with van der Waals surface area (Å²) < 4.78 is 6.17. The maximum atomic E-state index is 12.4. The van der Waals surface area contributed by atoms with Gasteiger partial charge in [0, 0.05) is 13.1 Å². The topological polar surface area (TPSA) is 62.7 Å². The highest BCUT2D eigenvalue weighted by Gasteiger charge is 2.42. The van der Waals surface area contributed by atoms with E-state index in [1.807, 2.05) is 12.1 Å². The van der Waals surface area contributed by atoms with Crippen LogP contribution < -0.4 is 4.74 Å². The van der Waals surface area contributed by atoms with Crippen molar-refractivity contribution in [2.75, 3.05) is 19.6 Å². The maximum Gasteiger partial charge on any atom is 0.195 e. The number of Topliss-reactive ketones (excluding diaryl/α,β-unsaturated/α-hetero) is 1. The summed E-state index contributed by atoms with van der Waals surface area (Å²) >= 11 is 0. The Labute approximate surface area is 153 Å². The van der Waals surface area contributed by atoms with Crippen LogP contribution in [0, 0.1) is 18.8 Å². The van der Waals surface area contributed by atoms with Crippen LogP contribution >= 0.6 is 0 Å². The van der Waals surface area contributed by atoms with Crippen LogP contribution in [-0.2, 0) is 0 Å².